The van der Waals surface area contributed by atoms with E-state index in [2.05, 4.69) is 10.1 Å². The zero-order chi connectivity index (χ0) is 14.9. The van der Waals surface area contributed by atoms with E-state index in [4.69, 9.17) is 5.11 Å². The van der Waals surface area contributed by atoms with Crippen molar-refractivity contribution in [1.82, 2.24) is 14.8 Å². The van der Waals surface area contributed by atoms with E-state index in [1.54, 1.807) is 7.05 Å². The number of carboxylic acids is 1. The first-order valence-corrected chi connectivity index (χ1v) is 6.07. The largest absolute Gasteiger partial charge is 0.478 e. The molecule has 0 bridgehead atoms. The molecule has 0 unspecified atom stereocenters. The quantitative estimate of drug-likeness (QED) is 0.944. The number of aryl methyl sites for hydroxylation is 1. The molecule has 0 aliphatic carbocycles. The average Bonchev–Trinajstić information content (AvgIpc) is 2.74. The molecular formula is C11H8F3N3O2S. The van der Waals surface area contributed by atoms with Gasteiger partial charge in [-0.25, -0.2) is 14.5 Å². The minimum Gasteiger partial charge on any atom is -0.478 e. The Hall–Kier alpha value is -2.03. The Morgan fingerprint density at radius 2 is 2.10 bits per heavy atom. The molecule has 0 spiro atoms. The first-order valence-electron chi connectivity index (χ1n) is 5.25. The molecule has 2 rings (SSSR count). The van der Waals surface area contributed by atoms with Crippen molar-refractivity contribution in [2.24, 2.45) is 7.05 Å². The van der Waals surface area contributed by atoms with E-state index >= 15 is 0 Å². The highest BCUT2D eigenvalue weighted by atomic mass is 32.2. The van der Waals surface area contributed by atoms with Crippen molar-refractivity contribution in [3.8, 4) is 0 Å². The zero-order valence-corrected chi connectivity index (χ0v) is 10.9. The molecule has 0 radical (unpaired) electrons. The lowest BCUT2D eigenvalue weighted by atomic mass is 10.1. The third kappa shape index (κ3) is 2.93. The van der Waals surface area contributed by atoms with E-state index in [9.17, 15) is 18.0 Å². The molecule has 0 saturated heterocycles. The van der Waals surface area contributed by atoms with Crippen molar-refractivity contribution >= 4 is 17.7 Å². The second-order valence-corrected chi connectivity index (χ2v) is 4.79. The molecule has 0 aliphatic rings. The minimum absolute atomic E-state index is 0.168. The SMILES string of the molecule is Cn1ncnc1Sc1ccc(C(F)(F)F)cc1C(=O)O. The maximum Gasteiger partial charge on any atom is 0.416 e. The second-order valence-electron chi connectivity index (χ2n) is 3.78. The van der Waals surface area contributed by atoms with E-state index in [1.165, 1.54) is 11.0 Å². The number of hydrogen-bond donors (Lipinski definition) is 1. The van der Waals surface area contributed by atoms with Gasteiger partial charge in [0.25, 0.3) is 0 Å². The normalized spacial score (nSPS) is 11.6. The molecule has 1 aromatic heterocycles. The van der Waals surface area contributed by atoms with E-state index in [0.717, 1.165) is 23.9 Å². The highest BCUT2D eigenvalue weighted by Gasteiger charge is 2.32. The molecule has 106 valence electrons. The first kappa shape index (κ1) is 14.4. The number of aromatic nitrogens is 3. The Bertz CT molecular complexity index is 655. The van der Waals surface area contributed by atoms with Crippen molar-refractivity contribution in [2.45, 2.75) is 16.2 Å². The molecule has 2 aromatic rings. The Kier molecular flexibility index (Phi) is 3.71. The lowest BCUT2D eigenvalue weighted by Crippen LogP contribution is -2.08. The summed E-state index contributed by atoms with van der Waals surface area (Å²) in [5, 5.41) is 13.2. The Morgan fingerprint density at radius 3 is 2.60 bits per heavy atom. The topological polar surface area (TPSA) is 68.0 Å². The summed E-state index contributed by atoms with van der Waals surface area (Å²) in [6.45, 7) is 0. The number of alkyl halides is 3. The second kappa shape index (κ2) is 5.16. The van der Waals surface area contributed by atoms with Gasteiger partial charge in [-0.15, -0.1) is 0 Å². The van der Waals surface area contributed by atoms with E-state index < -0.39 is 23.3 Å². The monoisotopic (exact) mass is 303 g/mol. The average molecular weight is 303 g/mol. The molecule has 5 nitrogen and oxygen atoms in total. The molecule has 0 atom stereocenters. The number of hydrogen-bond acceptors (Lipinski definition) is 4. The Balaban J connectivity index is 2.43. The number of aromatic carboxylic acids is 1. The lowest BCUT2D eigenvalue weighted by molar-refractivity contribution is -0.137. The van der Waals surface area contributed by atoms with Gasteiger partial charge in [-0.1, -0.05) is 0 Å². The van der Waals surface area contributed by atoms with Gasteiger partial charge in [0.05, 0.1) is 11.1 Å². The molecule has 0 amide bonds. The zero-order valence-electron chi connectivity index (χ0n) is 10.0. The number of benzene rings is 1. The molecule has 1 heterocycles. The van der Waals surface area contributed by atoms with Gasteiger partial charge in [0.1, 0.15) is 6.33 Å². The summed E-state index contributed by atoms with van der Waals surface area (Å²) < 4.78 is 39.1. The van der Waals surface area contributed by atoms with Crippen LogP contribution in [0.15, 0.2) is 34.6 Å². The molecule has 0 fully saturated rings. The molecule has 1 N–H and O–H groups in total. The van der Waals surface area contributed by atoms with Crippen molar-refractivity contribution in [1.29, 1.82) is 0 Å². The van der Waals surface area contributed by atoms with Gasteiger partial charge in [0.15, 0.2) is 5.16 Å². The predicted octanol–water partition coefficient (Wildman–Crippen LogP) is 2.68. The first-order chi connectivity index (χ1) is 9.29. The molecule has 1 aromatic carbocycles. The van der Waals surface area contributed by atoms with Crippen molar-refractivity contribution in [2.75, 3.05) is 0 Å². The van der Waals surface area contributed by atoms with Crippen molar-refractivity contribution in [3.05, 3.63) is 35.7 Å². The maximum atomic E-state index is 12.6. The maximum absolute atomic E-state index is 12.6. The predicted molar refractivity (Wildman–Crippen MR) is 63.5 cm³/mol. The van der Waals surface area contributed by atoms with E-state index in [1.807, 2.05) is 0 Å². The van der Waals surface area contributed by atoms with Crippen LogP contribution in [-0.4, -0.2) is 25.8 Å². The van der Waals surface area contributed by atoms with Gasteiger partial charge < -0.3 is 5.11 Å². The van der Waals surface area contributed by atoms with Gasteiger partial charge in [0.2, 0.25) is 0 Å². The highest BCUT2D eigenvalue weighted by molar-refractivity contribution is 7.99. The summed E-state index contributed by atoms with van der Waals surface area (Å²) >= 11 is 0.936. The highest BCUT2D eigenvalue weighted by Crippen LogP contribution is 2.34. The summed E-state index contributed by atoms with van der Waals surface area (Å²) in [5.41, 5.74) is -1.43. The summed E-state index contributed by atoms with van der Waals surface area (Å²) in [5.74, 6) is -1.43. The van der Waals surface area contributed by atoms with Gasteiger partial charge in [-0.05, 0) is 30.0 Å². The van der Waals surface area contributed by atoms with Crippen molar-refractivity contribution in [3.63, 3.8) is 0 Å². The van der Waals surface area contributed by atoms with Gasteiger partial charge >= 0.3 is 12.1 Å². The van der Waals surface area contributed by atoms with Crippen LogP contribution in [0.4, 0.5) is 13.2 Å². The smallest absolute Gasteiger partial charge is 0.416 e. The van der Waals surface area contributed by atoms with Crippen LogP contribution in [0.5, 0.6) is 0 Å². The molecule has 20 heavy (non-hydrogen) atoms. The van der Waals surface area contributed by atoms with Crippen LogP contribution in [0.1, 0.15) is 15.9 Å². The molecular weight excluding hydrogens is 295 g/mol. The summed E-state index contributed by atoms with van der Waals surface area (Å²) in [4.78, 5) is 15.1. The summed E-state index contributed by atoms with van der Waals surface area (Å²) in [6, 6.07) is 2.57. The van der Waals surface area contributed by atoms with E-state index in [0.29, 0.717) is 11.2 Å². The van der Waals surface area contributed by atoms with Crippen LogP contribution in [0.25, 0.3) is 0 Å². The summed E-state index contributed by atoms with van der Waals surface area (Å²) in [6.07, 6.45) is -3.31. The number of carbonyl (C=O) groups is 1. The molecule has 0 aliphatic heterocycles. The van der Waals surface area contributed by atoms with Crippen LogP contribution in [-0.2, 0) is 13.2 Å². The Labute approximate surface area is 115 Å². The third-order valence-electron chi connectivity index (χ3n) is 2.41. The van der Waals surface area contributed by atoms with Crippen molar-refractivity contribution < 1.29 is 23.1 Å². The number of rotatable bonds is 3. The fourth-order valence-corrected chi connectivity index (χ4v) is 2.31. The van der Waals surface area contributed by atoms with Gasteiger partial charge in [0, 0.05) is 11.9 Å². The van der Waals surface area contributed by atoms with Gasteiger partial charge in [-0.3, -0.25) is 0 Å². The number of nitrogens with zero attached hydrogens (tertiary/aromatic N) is 3. The number of halogens is 3. The van der Waals surface area contributed by atoms with Crippen LogP contribution >= 0.6 is 11.8 Å². The fourth-order valence-electron chi connectivity index (χ4n) is 1.44. The third-order valence-corrected chi connectivity index (χ3v) is 3.54. The van der Waals surface area contributed by atoms with Gasteiger partial charge in [-0.2, -0.15) is 18.3 Å². The van der Waals surface area contributed by atoms with Crippen LogP contribution in [0.2, 0.25) is 0 Å². The lowest BCUT2D eigenvalue weighted by Gasteiger charge is -2.10. The Morgan fingerprint density at radius 1 is 1.40 bits per heavy atom. The van der Waals surface area contributed by atoms with Crippen LogP contribution in [0.3, 0.4) is 0 Å². The standard InChI is InChI=1S/C11H8F3N3O2S/c1-17-10(15-5-16-17)20-8-3-2-6(11(12,13)14)4-7(8)9(18)19/h2-5H,1H3,(H,18,19). The molecule has 9 heteroatoms. The minimum atomic E-state index is -4.59. The van der Waals surface area contributed by atoms with E-state index in [-0.39, 0.29) is 4.90 Å². The molecule has 0 saturated carbocycles. The van der Waals surface area contributed by atoms with Crippen LogP contribution in [0, 0.1) is 0 Å². The number of carboxylic acid groups (broad SMARTS) is 1. The fraction of sp³-hybridized carbons (Fsp3) is 0.182. The van der Waals surface area contributed by atoms with Crippen LogP contribution < -0.4 is 0 Å². The summed E-state index contributed by atoms with van der Waals surface area (Å²) in [7, 11) is 1.60.